The van der Waals surface area contributed by atoms with Gasteiger partial charge in [-0.15, -0.1) is 0 Å². The van der Waals surface area contributed by atoms with E-state index in [0.29, 0.717) is 12.8 Å². The van der Waals surface area contributed by atoms with Gasteiger partial charge in [-0.2, -0.15) is 12.3 Å². The molecule has 0 saturated heterocycles. The summed E-state index contributed by atoms with van der Waals surface area (Å²) in [6.45, 7) is 8.34. The van der Waals surface area contributed by atoms with Gasteiger partial charge in [-0.3, -0.25) is 0 Å². The van der Waals surface area contributed by atoms with Gasteiger partial charge in [0.05, 0.1) is 0 Å². The molecule has 0 amide bonds. The molecule has 0 spiro atoms. The zero-order chi connectivity index (χ0) is 18.0. The van der Waals surface area contributed by atoms with Crippen LogP contribution in [-0.4, -0.2) is 46.9 Å². The molecule has 1 rings (SSSR count). The van der Waals surface area contributed by atoms with E-state index in [1.807, 2.05) is 13.3 Å². The summed E-state index contributed by atoms with van der Waals surface area (Å²) in [5.41, 5.74) is 0. The Morgan fingerprint density at radius 3 is 1.74 bits per heavy atom. The molecule has 4 N–H and O–H groups in total. The zero-order valence-electron chi connectivity index (χ0n) is 16.7. The molecule has 0 aromatic carbocycles. The van der Waals surface area contributed by atoms with Crippen LogP contribution >= 0.6 is 0 Å². The van der Waals surface area contributed by atoms with Crippen LogP contribution in [0.3, 0.4) is 0 Å². The van der Waals surface area contributed by atoms with Gasteiger partial charge in [0, 0.05) is 38.3 Å². The van der Waals surface area contributed by atoms with Crippen LogP contribution in [0.5, 0.6) is 0 Å². The van der Waals surface area contributed by atoms with Gasteiger partial charge in [0.1, 0.15) is 0 Å². The van der Waals surface area contributed by atoms with Crippen molar-refractivity contribution in [3.05, 3.63) is 6.42 Å². The molecule has 1 saturated carbocycles. The van der Waals surface area contributed by atoms with Gasteiger partial charge < -0.3 is 26.8 Å². The minimum absolute atomic E-state index is 0. The van der Waals surface area contributed by atoms with Crippen molar-refractivity contribution in [2.45, 2.75) is 46.9 Å². The van der Waals surface area contributed by atoms with Crippen LogP contribution in [0.15, 0.2) is 0 Å². The molecule has 4 nitrogen and oxygen atoms in total. The van der Waals surface area contributed by atoms with E-state index in [4.69, 9.17) is 1.37 Å². The smallest absolute Gasteiger partial charge is 0.396 e. The van der Waals surface area contributed by atoms with Crippen LogP contribution in [0.2, 0.25) is 0 Å². The molecule has 0 aliphatic heterocycles. The molecule has 1 fully saturated rings. The van der Waals surface area contributed by atoms with Gasteiger partial charge >= 0.3 is 51.4 Å². The fourth-order valence-corrected chi connectivity index (χ4v) is 2.82. The molecule has 5 heteroatoms. The summed E-state index contributed by atoms with van der Waals surface area (Å²) in [6, 6.07) is 0. The summed E-state index contributed by atoms with van der Waals surface area (Å²) in [7, 11) is 0. The van der Waals surface area contributed by atoms with Crippen molar-refractivity contribution in [3.8, 4) is 0 Å². The summed E-state index contributed by atoms with van der Waals surface area (Å²) in [6.07, 6.45) is 3.10. The van der Waals surface area contributed by atoms with Crippen molar-refractivity contribution in [3.63, 3.8) is 0 Å². The molecule has 4 atom stereocenters. The van der Waals surface area contributed by atoms with Crippen molar-refractivity contribution < 1.29 is 73.2 Å². The Bertz CT molecular complexity index is 283. The fraction of sp³-hybridized carbons (Fsp3) is 0.944. The summed E-state index contributed by atoms with van der Waals surface area (Å²) in [5, 5.41) is 36.8. The topological polar surface area (TPSA) is 80.9 Å². The van der Waals surface area contributed by atoms with E-state index >= 15 is 0 Å². The third-order valence-corrected chi connectivity index (χ3v) is 4.13. The number of rotatable bonds is 8. The average Bonchev–Trinajstić information content (AvgIpc) is 2.76. The van der Waals surface area contributed by atoms with Crippen molar-refractivity contribution in [2.24, 2.45) is 35.5 Å². The predicted molar refractivity (Wildman–Crippen MR) is 90.1 cm³/mol. The molecule has 134 valence electrons. The molecule has 0 heterocycles. The average molecular weight is 358 g/mol. The van der Waals surface area contributed by atoms with Crippen LogP contribution in [0, 0.1) is 41.9 Å². The maximum Gasteiger partial charge on any atom is 1.00 e. The Hall–Kier alpha value is 1.48. The molecule has 1 aliphatic carbocycles. The first-order valence-electron chi connectivity index (χ1n) is 9.08. The van der Waals surface area contributed by atoms with E-state index < -0.39 is 0 Å². The largest absolute Gasteiger partial charge is 1.00 e. The van der Waals surface area contributed by atoms with Crippen LogP contribution in [0.25, 0.3) is 0 Å². The first-order chi connectivity index (χ1) is 10.8. The number of hydrogen-bond acceptors (Lipinski definition) is 4. The monoisotopic (exact) mass is 357 g/mol. The molecule has 1 aliphatic rings. The van der Waals surface area contributed by atoms with Crippen molar-refractivity contribution in [2.75, 3.05) is 26.4 Å². The molecule has 0 aromatic heterocycles. The first-order valence-corrected chi connectivity index (χ1v) is 8.51. The van der Waals surface area contributed by atoms with Crippen LogP contribution in [0.1, 0.15) is 48.3 Å². The van der Waals surface area contributed by atoms with Gasteiger partial charge in [0.15, 0.2) is 0 Å². The maximum absolute atomic E-state index is 9.20. The zero-order valence-corrected chi connectivity index (χ0v) is 18.8. The normalized spacial score (nSPS) is 27.7. The van der Waals surface area contributed by atoms with E-state index in [2.05, 4.69) is 20.8 Å². The Kier molecular flexibility index (Phi) is 16.7. The second kappa shape index (κ2) is 15.7. The van der Waals surface area contributed by atoms with E-state index in [1.54, 1.807) is 0 Å². The van der Waals surface area contributed by atoms with Gasteiger partial charge in [-0.1, -0.05) is 46.0 Å². The van der Waals surface area contributed by atoms with E-state index in [0.717, 1.165) is 5.92 Å². The van der Waals surface area contributed by atoms with E-state index in [-0.39, 0.29) is 114 Å². The minimum atomic E-state index is -0.244. The first kappa shape index (κ1) is 24.5. The van der Waals surface area contributed by atoms with Gasteiger partial charge in [-0.25, -0.2) is 0 Å². The van der Waals surface area contributed by atoms with Gasteiger partial charge in [-0.05, 0) is 13.7 Å². The second-order valence-electron chi connectivity index (χ2n) is 7.24. The number of aliphatic hydroxyl groups is 4. The Morgan fingerprint density at radius 1 is 0.957 bits per heavy atom. The predicted octanol–water partition coefficient (Wildman–Crippen LogP) is -0.889. The summed E-state index contributed by atoms with van der Waals surface area (Å²) in [5.74, 6) is 1.12. The number of hydrogen-bond donors (Lipinski definition) is 4. The summed E-state index contributed by atoms with van der Waals surface area (Å²) >= 11 is 0. The Labute approximate surface area is 186 Å². The van der Waals surface area contributed by atoms with Crippen molar-refractivity contribution >= 4 is 0 Å². The van der Waals surface area contributed by atoms with Crippen LogP contribution in [0.4, 0.5) is 0 Å². The molecule has 4 unspecified atom stereocenters. The van der Waals surface area contributed by atoms with Crippen LogP contribution < -0.4 is 51.4 Å². The molecule has 23 heavy (non-hydrogen) atoms. The Morgan fingerprint density at radius 2 is 1.35 bits per heavy atom. The Balaban J connectivity index is 0. The number of aliphatic hydroxyl groups excluding tert-OH is 4. The van der Waals surface area contributed by atoms with E-state index in [1.165, 1.54) is 0 Å². The molecule has 0 bridgehead atoms. The molecular weight excluding hydrogens is 319 g/mol. The summed E-state index contributed by atoms with van der Waals surface area (Å²) in [4.78, 5) is 0. The fourth-order valence-electron chi connectivity index (χ4n) is 2.82. The maximum atomic E-state index is 9.20. The standard InChI is InChI=1S/C14H27O4.C4H10.K/c1-10-2-3-13(4-11(6-15)7-16)14(10)5-12(8-17)9-18;1-4(2)3;/h3,10-18H,2,4-9H2,1H3;4H,1-3H3;/q-1;;+1/i2D;;. The second-order valence-corrected chi connectivity index (χ2v) is 7.24. The third-order valence-electron chi connectivity index (χ3n) is 4.13. The molecule has 0 radical (unpaired) electrons. The third kappa shape index (κ3) is 11.7. The molecule has 0 aromatic rings. The molecular formula is C18H37KO4. The van der Waals surface area contributed by atoms with Gasteiger partial charge in [0.25, 0.3) is 0 Å². The van der Waals surface area contributed by atoms with Crippen LogP contribution in [-0.2, 0) is 0 Å². The minimum Gasteiger partial charge on any atom is -0.396 e. The van der Waals surface area contributed by atoms with Crippen molar-refractivity contribution in [1.29, 1.82) is 0 Å². The van der Waals surface area contributed by atoms with E-state index in [9.17, 15) is 20.4 Å². The summed E-state index contributed by atoms with van der Waals surface area (Å²) < 4.78 is 8.01. The van der Waals surface area contributed by atoms with Gasteiger partial charge in [0.2, 0.25) is 0 Å². The van der Waals surface area contributed by atoms with Crippen molar-refractivity contribution in [1.82, 2.24) is 0 Å². The quantitative estimate of drug-likeness (QED) is 0.336. The SMILES string of the molecule is CC(C)C.[2H]C1[CH-]C(CC(CO)CO)C(CC(CO)CO)C1C.[K+].